The lowest BCUT2D eigenvalue weighted by Gasteiger charge is -2.06. The molecule has 0 atom stereocenters. The molecular weight excluding hydrogens is 296 g/mol. The normalized spacial score (nSPS) is 10.8. The number of benzene rings is 3. The SMILES string of the molecule is C#CCOc1cccc(-c2nc3c4ccccc4ccc3n2C)c1. The highest BCUT2D eigenvalue weighted by Gasteiger charge is 2.12. The largest absolute Gasteiger partial charge is 0.481 e. The standard InChI is InChI=1S/C21H16N2O/c1-3-13-24-17-9-6-8-16(14-17)21-22-20-18-10-5-4-7-15(18)11-12-19(20)23(21)2/h1,4-12,14H,13H2,2H3. The third-order valence-corrected chi connectivity index (χ3v) is 4.19. The van der Waals surface area contributed by atoms with Gasteiger partial charge in [-0.2, -0.15) is 0 Å². The van der Waals surface area contributed by atoms with Crippen LogP contribution in [0.1, 0.15) is 0 Å². The van der Waals surface area contributed by atoms with Crippen molar-refractivity contribution in [1.29, 1.82) is 0 Å². The highest BCUT2D eigenvalue weighted by atomic mass is 16.5. The number of ether oxygens (including phenoxy) is 1. The lowest BCUT2D eigenvalue weighted by molar-refractivity contribution is 0.370. The summed E-state index contributed by atoms with van der Waals surface area (Å²) < 4.78 is 7.64. The Morgan fingerprint density at radius 3 is 2.83 bits per heavy atom. The highest BCUT2D eigenvalue weighted by Crippen LogP contribution is 2.30. The molecule has 0 unspecified atom stereocenters. The molecule has 4 rings (SSSR count). The van der Waals surface area contributed by atoms with E-state index in [9.17, 15) is 0 Å². The zero-order valence-electron chi connectivity index (χ0n) is 13.4. The Morgan fingerprint density at radius 1 is 1.08 bits per heavy atom. The molecule has 0 spiro atoms. The first-order valence-electron chi connectivity index (χ1n) is 7.79. The fraction of sp³-hybridized carbons (Fsp3) is 0.0952. The summed E-state index contributed by atoms with van der Waals surface area (Å²) in [5.74, 6) is 4.15. The number of rotatable bonds is 3. The van der Waals surface area contributed by atoms with Crippen molar-refractivity contribution in [2.75, 3.05) is 6.61 Å². The van der Waals surface area contributed by atoms with Gasteiger partial charge >= 0.3 is 0 Å². The van der Waals surface area contributed by atoms with Gasteiger partial charge in [-0.3, -0.25) is 0 Å². The van der Waals surface area contributed by atoms with E-state index < -0.39 is 0 Å². The van der Waals surface area contributed by atoms with E-state index in [1.807, 2.05) is 43.4 Å². The van der Waals surface area contributed by atoms with Gasteiger partial charge in [0, 0.05) is 18.0 Å². The van der Waals surface area contributed by atoms with Crippen molar-refractivity contribution in [2.45, 2.75) is 0 Å². The minimum Gasteiger partial charge on any atom is -0.481 e. The molecule has 3 heteroatoms. The average molecular weight is 312 g/mol. The molecule has 0 aliphatic carbocycles. The van der Waals surface area contributed by atoms with Crippen molar-refractivity contribution in [1.82, 2.24) is 9.55 Å². The summed E-state index contributed by atoms with van der Waals surface area (Å²) in [6.45, 7) is 0.261. The summed E-state index contributed by atoms with van der Waals surface area (Å²) in [5, 5.41) is 2.36. The molecule has 3 aromatic carbocycles. The zero-order valence-corrected chi connectivity index (χ0v) is 13.4. The van der Waals surface area contributed by atoms with Crippen LogP contribution in [0.2, 0.25) is 0 Å². The topological polar surface area (TPSA) is 27.1 Å². The van der Waals surface area contributed by atoms with E-state index in [0.717, 1.165) is 33.6 Å². The van der Waals surface area contributed by atoms with E-state index >= 15 is 0 Å². The molecule has 0 aliphatic rings. The summed E-state index contributed by atoms with van der Waals surface area (Å²) >= 11 is 0. The molecule has 24 heavy (non-hydrogen) atoms. The van der Waals surface area contributed by atoms with Crippen molar-refractivity contribution >= 4 is 21.8 Å². The molecular formula is C21H16N2O. The van der Waals surface area contributed by atoms with Crippen LogP contribution in [0.25, 0.3) is 33.2 Å². The van der Waals surface area contributed by atoms with Gasteiger partial charge in [0.05, 0.1) is 11.0 Å². The Labute approximate surface area is 140 Å². The number of imidazole rings is 1. The number of hydrogen-bond acceptors (Lipinski definition) is 2. The lowest BCUT2D eigenvalue weighted by Crippen LogP contribution is -1.95. The molecule has 3 nitrogen and oxygen atoms in total. The third-order valence-electron chi connectivity index (χ3n) is 4.19. The Morgan fingerprint density at radius 2 is 1.96 bits per heavy atom. The van der Waals surface area contributed by atoms with Gasteiger partial charge in [-0.1, -0.05) is 48.4 Å². The molecule has 0 aliphatic heterocycles. The van der Waals surface area contributed by atoms with Crippen molar-refractivity contribution in [3.63, 3.8) is 0 Å². The van der Waals surface area contributed by atoms with Gasteiger partial charge in [0.1, 0.15) is 18.2 Å². The number of terminal acetylenes is 1. The first kappa shape index (κ1) is 14.3. The summed E-state index contributed by atoms with van der Waals surface area (Å²) in [7, 11) is 2.04. The number of fused-ring (bicyclic) bond motifs is 3. The lowest BCUT2D eigenvalue weighted by atomic mass is 10.1. The fourth-order valence-corrected chi connectivity index (χ4v) is 3.03. The van der Waals surface area contributed by atoms with Gasteiger partial charge in [-0.05, 0) is 23.6 Å². The smallest absolute Gasteiger partial charge is 0.148 e. The van der Waals surface area contributed by atoms with Gasteiger partial charge in [-0.15, -0.1) is 6.42 Å². The van der Waals surface area contributed by atoms with E-state index in [0.29, 0.717) is 0 Å². The average Bonchev–Trinajstić information content (AvgIpc) is 2.97. The van der Waals surface area contributed by atoms with Crippen LogP contribution < -0.4 is 4.74 Å². The molecule has 4 aromatic rings. The Balaban J connectivity index is 1.90. The minimum atomic E-state index is 0.261. The molecule has 0 fully saturated rings. The molecule has 116 valence electrons. The summed E-state index contributed by atoms with van der Waals surface area (Å²) in [4.78, 5) is 4.90. The van der Waals surface area contributed by atoms with Crippen molar-refractivity contribution in [3.05, 3.63) is 60.7 Å². The van der Waals surface area contributed by atoms with Crippen molar-refractivity contribution in [2.24, 2.45) is 7.05 Å². The molecule has 1 aromatic heterocycles. The number of aryl methyl sites for hydroxylation is 1. The second-order valence-corrected chi connectivity index (χ2v) is 5.67. The van der Waals surface area contributed by atoms with E-state index in [2.05, 4.69) is 34.8 Å². The molecule has 0 bridgehead atoms. The van der Waals surface area contributed by atoms with Gasteiger partial charge < -0.3 is 9.30 Å². The van der Waals surface area contributed by atoms with Crippen LogP contribution in [-0.2, 0) is 7.05 Å². The second kappa shape index (κ2) is 5.75. The Kier molecular flexibility index (Phi) is 3.44. The number of hydrogen-bond donors (Lipinski definition) is 0. The van der Waals surface area contributed by atoms with Crippen molar-refractivity contribution in [3.8, 4) is 29.5 Å². The van der Waals surface area contributed by atoms with E-state index in [1.54, 1.807) is 0 Å². The van der Waals surface area contributed by atoms with Gasteiger partial charge in [0.15, 0.2) is 0 Å². The maximum atomic E-state index is 5.53. The molecule has 0 saturated carbocycles. The second-order valence-electron chi connectivity index (χ2n) is 5.67. The predicted octanol–water partition coefficient (Wildman–Crippen LogP) is 4.41. The maximum absolute atomic E-state index is 5.53. The Bertz CT molecular complexity index is 1090. The zero-order chi connectivity index (χ0) is 16.5. The van der Waals surface area contributed by atoms with E-state index in [4.69, 9.17) is 16.1 Å². The number of nitrogens with zero attached hydrogens (tertiary/aromatic N) is 2. The van der Waals surface area contributed by atoms with E-state index in [1.165, 1.54) is 5.39 Å². The molecule has 0 radical (unpaired) electrons. The molecule has 1 heterocycles. The monoisotopic (exact) mass is 312 g/mol. The van der Waals surface area contributed by atoms with Crippen LogP contribution in [0.3, 0.4) is 0 Å². The molecule has 0 N–H and O–H groups in total. The predicted molar refractivity (Wildman–Crippen MR) is 98.0 cm³/mol. The maximum Gasteiger partial charge on any atom is 0.148 e. The van der Waals surface area contributed by atoms with Crippen molar-refractivity contribution < 1.29 is 4.74 Å². The van der Waals surface area contributed by atoms with Gasteiger partial charge in [0.25, 0.3) is 0 Å². The summed E-state index contributed by atoms with van der Waals surface area (Å²) in [6, 6.07) is 20.4. The highest BCUT2D eigenvalue weighted by molar-refractivity contribution is 6.05. The first-order valence-corrected chi connectivity index (χ1v) is 7.79. The minimum absolute atomic E-state index is 0.261. The van der Waals surface area contributed by atoms with Crippen LogP contribution in [0, 0.1) is 12.3 Å². The first-order chi connectivity index (χ1) is 11.8. The molecule has 0 amide bonds. The Hall–Kier alpha value is -3.25. The quantitative estimate of drug-likeness (QED) is 0.524. The van der Waals surface area contributed by atoms with Crippen LogP contribution in [0.4, 0.5) is 0 Å². The summed E-state index contributed by atoms with van der Waals surface area (Å²) in [5.41, 5.74) is 3.13. The molecule has 0 saturated heterocycles. The van der Waals surface area contributed by atoms with Crippen LogP contribution in [0.15, 0.2) is 60.7 Å². The fourth-order valence-electron chi connectivity index (χ4n) is 3.03. The van der Waals surface area contributed by atoms with E-state index in [-0.39, 0.29) is 6.61 Å². The van der Waals surface area contributed by atoms with Crippen LogP contribution in [0.5, 0.6) is 5.75 Å². The van der Waals surface area contributed by atoms with Crippen LogP contribution >= 0.6 is 0 Å². The van der Waals surface area contributed by atoms with Gasteiger partial charge in [0.2, 0.25) is 0 Å². The third kappa shape index (κ3) is 2.29. The summed E-state index contributed by atoms with van der Waals surface area (Å²) in [6.07, 6.45) is 5.26. The van der Waals surface area contributed by atoms with Crippen LogP contribution in [-0.4, -0.2) is 16.2 Å². The number of aromatic nitrogens is 2. The van der Waals surface area contributed by atoms with Gasteiger partial charge in [-0.25, -0.2) is 4.98 Å².